The molecule has 0 saturated carbocycles. The molecule has 2 aliphatic heterocycles. The Morgan fingerprint density at radius 2 is 1.68 bits per heavy atom. The van der Waals surface area contributed by atoms with E-state index >= 15 is 0 Å². The average molecular weight is 425 g/mol. The maximum Gasteiger partial charge on any atom is 0.129 e. The number of hydrogen-bond acceptors (Lipinski definition) is 5. The van der Waals surface area contributed by atoms with E-state index in [1.807, 2.05) is 12.1 Å². The topological polar surface area (TPSA) is 49.1 Å². The summed E-state index contributed by atoms with van der Waals surface area (Å²) < 4.78 is 11.7. The predicted octanol–water partition coefficient (Wildman–Crippen LogP) is 3.63. The van der Waals surface area contributed by atoms with Crippen LogP contribution in [0.5, 0.6) is 0 Å². The maximum absolute atomic E-state index is 9.32. The minimum absolute atomic E-state index is 0.0325. The van der Waals surface area contributed by atoms with Crippen molar-refractivity contribution in [1.29, 1.82) is 0 Å². The molecule has 1 atom stereocenters. The molecular formula is C26H36N2O3. The normalized spacial score (nSPS) is 23.1. The van der Waals surface area contributed by atoms with E-state index in [0.717, 1.165) is 44.3 Å². The van der Waals surface area contributed by atoms with E-state index in [1.54, 1.807) is 11.1 Å². The highest BCUT2D eigenvalue weighted by Crippen LogP contribution is 2.29. The van der Waals surface area contributed by atoms with Gasteiger partial charge in [-0.1, -0.05) is 24.3 Å². The number of fused-ring (bicyclic) bond motifs is 1. The number of likely N-dealkylation sites (tertiary alicyclic amines) is 1. The summed E-state index contributed by atoms with van der Waals surface area (Å²) in [4.78, 5) is 5.27. The maximum atomic E-state index is 9.32. The lowest BCUT2D eigenvalue weighted by Gasteiger charge is -2.38. The Balaban J connectivity index is 1.15. The van der Waals surface area contributed by atoms with E-state index in [4.69, 9.17) is 9.15 Å². The van der Waals surface area contributed by atoms with Gasteiger partial charge in [0.25, 0.3) is 0 Å². The van der Waals surface area contributed by atoms with Crippen LogP contribution in [0.4, 0.5) is 0 Å². The second-order valence-corrected chi connectivity index (χ2v) is 9.67. The molecule has 2 aromatic rings. The van der Waals surface area contributed by atoms with E-state index in [0.29, 0.717) is 17.9 Å². The Kier molecular flexibility index (Phi) is 6.75. The van der Waals surface area contributed by atoms with Crippen LogP contribution in [0.15, 0.2) is 40.8 Å². The molecule has 31 heavy (non-hydrogen) atoms. The summed E-state index contributed by atoms with van der Waals surface area (Å²) in [5.74, 6) is 2.33. The lowest BCUT2D eigenvalue weighted by Crippen LogP contribution is -2.44. The molecular weight excluding hydrogens is 388 g/mol. The molecule has 0 spiro atoms. The molecule has 0 amide bonds. The molecule has 1 aliphatic carbocycles. The lowest BCUT2D eigenvalue weighted by molar-refractivity contribution is 0.0513. The van der Waals surface area contributed by atoms with Crippen LogP contribution in [0.1, 0.15) is 48.3 Å². The van der Waals surface area contributed by atoms with Gasteiger partial charge in [0.1, 0.15) is 18.1 Å². The number of aliphatic hydroxyl groups is 1. The molecule has 1 N–H and O–H groups in total. The Morgan fingerprint density at radius 3 is 2.32 bits per heavy atom. The van der Waals surface area contributed by atoms with Crippen molar-refractivity contribution in [2.45, 2.75) is 63.8 Å². The minimum atomic E-state index is -0.0325. The van der Waals surface area contributed by atoms with Gasteiger partial charge < -0.3 is 14.3 Å². The van der Waals surface area contributed by atoms with Crippen molar-refractivity contribution < 1.29 is 14.3 Å². The Morgan fingerprint density at radius 1 is 0.935 bits per heavy atom. The van der Waals surface area contributed by atoms with Crippen molar-refractivity contribution in [1.82, 2.24) is 9.80 Å². The van der Waals surface area contributed by atoms with E-state index in [-0.39, 0.29) is 6.61 Å². The molecule has 1 aromatic heterocycles. The zero-order valence-electron chi connectivity index (χ0n) is 18.5. The molecule has 168 valence electrons. The number of rotatable bonds is 8. The molecule has 2 saturated heterocycles. The first kappa shape index (κ1) is 21.2. The molecule has 0 bridgehead atoms. The number of hydrogen-bond donors (Lipinski definition) is 1. The van der Waals surface area contributed by atoms with Crippen molar-refractivity contribution in [2.24, 2.45) is 5.92 Å². The van der Waals surface area contributed by atoms with Gasteiger partial charge in [-0.3, -0.25) is 9.80 Å². The number of nitrogens with zero attached hydrogens (tertiary/aromatic N) is 2. The first-order valence-electron chi connectivity index (χ1n) is 12.1. The number of benzene rings is 1. The van der Waals surface area contributed by atoms with Crippen LogP contribution in [0.2, 0.25) is 0 Å². The van der Waals surface area contributed by atoms with Gasteiger partial charge >= 0.3 is 0 Å². The fourth-order valence-corrected chi connectivity index (χ4v) is 5.75. The van der Waals surface area contributed by atoms with Gasteiger partial charge in [-0.2, -0.15) is 0 Å². The summed E-state index contributed by atoms with van der Waals surface area (Å²) in [5.41, 5.74) is 3.11. The molecule has 2 fully saturated rings. The number of furan rings is 1. The monoisotopic (exact) mass is 424 g/mol. The second-order valence-electron chi connectivity index (χ2n) is 9.67. The molecule has 0 radical (unpaired) electrons. The Hall–Kier alpha value is -1.66. The van der Waals surface area contributed by atoms with Crippen LogP contribution < -0.4 is 0 Å². The van der Waals surface area contributed by atoms with Crippen LogP contribution in [-0.2, 0) is 30.7 Å². The minimum Gasteiger partial charge on any atom is -0.462 e. The molecule has 3 heterocycles. The molecule has 5 nitrogen and oxygen atoms in total. The quantitative estimate of drug-likeness (QED) is 0.701. The molecule has 5 rings (SSSR count). The van der Waals surface area contributed by atoms with Gasteiger partial charge in [0.2, 0.25) is 0 Å². The highest BCUT2D eigenvalue weighted by atomic mass is 16.5. The van der Waals surface area contributed by atoms with Crippen molar-refractivity contribution in [3.63, 3.8) is 0 Å². The van der Waals surface area contributed by atoms with Crippen LogP contribution in [0, 0.1) is 5.92 Å². The van der Waals surface area contributed by atoms with E-state index in [1.165, 1.54) is 45.2 Å². The number of ether oxygens (including phenoxy) is 1. The first-order chi connectivity index (χ1) is 15.3. The van der Waals surface area contributed by atoms with Gasteiger partial charge in [0.05, 0.1) is 12.6 Å². The van der Waals surface area contributed by atoms with Gasteiger partial charge in [-0.15, -0.1) is 0 Å². The van der Waals surface area contributed by atoms with Gasteiger partial charge in [0, 0.05) is 25.7 Å². The Labute approximate surface area is 186 Å². The highest BCUT2D eigenvalue weighted by Gasteiger charge is 2.31. The number of piperidine rings is 1. The highest BCUT2D eigenvalue weighted by molar-refractivity contribution is 5.33. The molecule has 3 aliphatic rings. The third kappa shape index (κ3) is 5.23. The predicted molar refractivity (Wildman–Crippen MR) is 121 cm³/mol. The van der Waals surface area contributed by atoms with Gasteiger partial charge in [-0.05, 0) is 80.8 Å². The Bertz CT molecular complexity index is 812. The molecule has 1 unspecified atom stereocenters. The SMILES string of the molecule is OCc1ccc(CN(CC2CCN(C3Cc4ccccc4C3)CC2)CC2CCCO2)o1. The van der Waals surface area contributed by atoms with E-state index < -0.39 is 0 Å². The summed E-state index contributed by atoms with van der Waals surface area (Å²) >= 11 is 0. The van der Waals surface area contributed by atoms with Crippen LogP contribution in [0.3, 0.4) is 0 Å². The smallest absolute Gasteiger partial charge is 0.129 e. The molecule has 1 aromatic carbocycles. The van der Waals surface area contributed by atoms with Crippen molar-refractivity contribution in [3.05, 3.63) is 59.0 Å². The zero-order chi connectivity index (χ0) is 21.0. The number of aliphatic hydroxyl groups excluding tert-OH is 1. The molecule has 5 heteroatoms. The third-order valence-corrected chi connectivity index (χ3v) is 7.45. The lowest BCUT2D eigenvalue weighted by atomic mass is 9.94. The summed E-state index contributed by atoms with van der Waals surface area (Å²) in [6, 6.07) is 13.6. The van der Waals surface area contributed by atoms with Crippen LogP contribution in [0.25, 0.3) is 0 Å². The third-order valence-electron chi connectivity index (χ3n) is 7.45. The zero-order valence-corrected chi connectivity index (χ0v) is 18.5. The summed E-state index contributed by atoms with van der Waals surface area (Å²) in [5, 5.41) is 9.32. The fraction of sp³-hybridized carbons (Fsp3) is 0.615. The van der Waals surface area contributed by atoms with Gasteiger partial charge in [-0.25, -0.2) is 0 Å². The van der Waals surface area contributed by atoms with Gasteiger partial charge in [0.15, 0.2) is 0 Å². The average Bonchev–Trinajstić information content (AvgIpc) is 3.55. The van der Waals surface area contributed by atoms with Crippen molar-refractivity contribution >= 4 is 0 Å². The largest absolute Gasteiger partial charge is 0.462 e. The summed E-state index contributed by atoms with van der Waals surface area (Å²) in [6.07, 6.45) is 7.68. The fourth-order valence-electron chi connectivity index (χ4n) is 5.75. The summed E-state index contributed by atoms with van der Waals surface area (Å²) in [7, 11) is 0. The van der Waals surface area contributed by atoms with E-state index in [2.05, 4.69) is 34.1 Å². The second kappa shape index (κ2) is 9.86. The standard InChI is InChI=1S/C26H36N2O3/c29-19-26-8-7-25(31-26)18-27(17-24-6-3-13-30-24)16-20-9-11-28(12-10-20)23-14-21-4-1-2-5-22(21)15-23/h1-2,4-5,7-8,20,23-24,29H,3,6,9-19H2. The van der Waals surface area contributed by atoms with Crippen LogP contribution in [-0.4, -0.2) is 59.8 Å². The van der Waals surface area contributed by atoms with E-state index in [9.17, 15) is 5.11 Å². The summed E-state index contributed by atoms with van der Waals surface area (Å²) in [6.45, 7) is 6.18. The van der Waals surface area contributed by atoms with Crippen molar-refractivity contribution in [2.75, 3.05) is 32.8 Å². The van der Waals surface area contributed by atoms with Crippen LogP contribution >= 0.6 is 0 Å². The van der Waals surface area contributed by atoms with Crippen molar-refractivity contribution in [3.8, 4) is 0 Å². The first-order valence-corrected chi connectivity index (χ1v) is 12.1.